The van der Waals surface area contributed by atoms with Gasteiger partial charge in [-0.1, -0.05) is 25.5 Å². The molecule has 1 N–H and O–H groups in total. The Balaban J connectivity index is 2.42. The molecule has 1 aliphatic carbocycles. The summed E-state index contributed by atoms with van der Waals surface area (Å²) in [4.78, 5) is 0. The Kier molecular flexibility index (Phi) is 1.86. The minimum absolute atomic E-state index is 0.244. The molecule has 0 bridgehead atoms. The van der Waals surface area contributed by atoms with Gasteiger partial charge in [-0.25, -0.2) is 0 Å². The van der Waals surface area contributed by atoms with Crippen LogP contribution in [-0.2, 0) is 0 Å². The topological polar surface area (TPSA) is 12.0 Å². The molecule has 0 aromatic rings. The van der Waals surface area contributed by atoms with Gasteiger partial charge in [-0.15, -0.1) is 0 Å². The van der Waals surface area contributed by atoms with Crippen molar-refractivity contribution < 1.29 is 0 Å². The van der Waals surface area contributed by atoms with Crippen LogP contribution in [0.25, 0.3) is 0 Å². The van der Waals surface area contributed by atoms with Crippen LogP contribution in [0.3, 0.4) is 0 Å². The summed E-state index contributed by atoms with van der Waals surface area (Å²) in [7, 11) is 0. The summed E-state index contributed by atoms with van der Waals surface area (Å²) in [5.74, 6) is 0. The molecule has 58 valence electrons. The lowest BCUT2D eigenvalue weighted by molar-refractivity contribution is 0.415. The molecule has 0 atom stereocenters. The fourth-order valence-corrected chi connectivity index (χ4v) is 1.38. The van der Waals surface area contributed by atoms with Gasteiger partial charge in [0.2, 0.25) is 0 Å². The van der Waals surface area contributed by atoms with E-state index in [4.69, 9.17) is 0 Å². The summed E-state index contributed by atoms with van der Waals surface area (Å²) in [6, 6.07) is 0.580. The van der Waals surface area contributed by atoms with Crippen molar-refractivity contribution in [3.63, 3.8) is 0 Å². The van der Waals surface area contributed by atoms with Crippen LogP contribution in [-0.4, -0.2) is 11.6 Å². The van der Waals surface area contributed by atoms with E-state index in [-0.39, 0.29) is 5.54 Å². The maximum Gasteiger partial charge on any atom is 0.0342 e. The van der Waals surface area contributed by atoms with E-state index in [1.54, 1.807) is 5.57 Å². The van der Waals surface area contributed by atoms with Crippen molar-refractivity contribution in [2.75, 3.05) is 0 Å². The van der Waals surface area contributed by atoms with Crippen LogP contribution < -0.4 is 5.32 Å². The second-order valence-electron chi connectivity index (χ2n) is 3.86. The molecular formula is C9H17N. The normalized spacial score (nSPS) is 17.5. The van der Waals surface area contributed by atoms with Crippen LogP contribution in [0.1, 0.15) is 34.1 Å². The van der Waals surface area contributed by atoms with Gasteiger partial charge in [-0.3, -0.25) is 0 Å². The molecule has 1 aliphatic rings. The molecule has 1 rings (SSSR count). The van der Waals surface area contributed by atoms with Gasteiger partial charge in [-0.2, -0.15) is 0 Å². The number of allylic oxidation sites excluding steroid dienone is 1. The zero-order chi connectivity index (χ0) is 7.78. The lowest BCUT2D eigenvalue weighted by Crippen LogP contribution is -2.42. The fraction of sp³-hybridized carbons (Fsp3) is 0.778. The molecule has 0 amide bonds. The van der Waals surface area contributed by atoms with Gasteiger partial charge in [0.05, 0.1) is 0 Å². The molecule has 0 aromatic heterocycles. The van der Waals surface area contributed by atoms with Gasteiger partial charge < -0.3 is 5.32 Å². The lowest BCUT2D eigenvalue weighted by atomic mass is 10.0. The van der Waals surface area contributed by atoms with E-state index in [0.29, 0.717) is 6.04 Å². The Morgan fingerprint density at radius 3 is 2.30 bits per heavy atom. The molecule has 10 heavy (non-hydrogen) atoms. The van der Waals surface area contributed by atoms with Crippen LogP contribution in [0.15, 0.2) is 11.6 Å². The second-order valence-corrected chi connectivity index (χ2v) is 3.86. The van der Waals surface area contributed by atoms with Gasteiger partial charge in [0.15, 0.2) is 0 Å². The van der Waals surface area contributed by atoms with Crippen molar-refractivity contribution in [1.29, 1.82) is 0 Å². The van der Waals surface area contributed by atoms with E-state index in [0.717, 1.165) is 0 Å². The van der Waals surface area contributed by atoms with Gasteiger partial charge in [-0.05, 0) is 20.3 Å². The highest BCUT2D eigenvalue weighted by atomic mass is 15.0. The van der Waals surface area contributed by atoms with Crippen molar-refractivity contribution in [3.05, 3.63) is 11.6 Å². The standard InChI is InChI=1S/C9H17N/c1-7(2)10-9(3,4)8-5-6-8/h5,7,10H,6H2,1-4H3. The maximum atomic E-state index is 3.51. The Bertz CT molecular complexity index is 154. The zero-order valence-corrected chi connectivity index (χ0v) is 7.36. The zero-order valence-electron chi connectivity index (χ0n) is 7.36. The third-order valence-electron chi connectivity index (χ3n) is 1.86. The van der Waals surface area contributed by atoms with Crippen molar-refractivity contribution in [3.8, 4) is 0 Å². The van der Waals surface area contributed by atoms with Gasteiger partial charge in [0, 0.05) is 11.6 Å². The highest BCUT2D eigenvalue weighted by molar-refractivity contribution is 5.32. The van der Waals surface area contributed by atoms with Crippen LogP contribution in [0, 0.1) is 0 Å². The summed E-state index contributed by atoms with van der Waals surface area (Å²) in [6.45, 7) is 8.85. The van der Waals surface area contributed by atoms with Crippen molar-refractivity contribution in [2.24, 2.45) is 0 Å². The van der Waals surface area contributed by atoms with Gasteiger partial charge in [0.1, 0.15) is 0 Å². The van der Waals surface area contributed by atoms with Crippen molar-refractivity contribution in [1.82, 2.24) is 5.32 Å². The molecule has 0 aromatic carbocycles. The summed E-state index contributed by atoms with van der Waals surface area (Å²) >= 11 is 0. The maximum absolute atomic E-state index is 3.51. The second kappa shape index (κ2) is 2.39. The van der Waals surface area contributed by atoms with E-state index < -0.39 is 0 Å². The number of nitrogens with one attached hydrogen (secondary N) is 1. The average Bonchev–Trinajstić information content (AvgIpc) is 2.35. The third kappa shape index (κ3) is 1.84. The van der Waals surface area contributed by atoms with Crippen LogP contribution >= 0.6 is 0 Å². The van der Waals surface area contributed by atoms with Crippen LogP contribution in [0.5, 0.6) is 0 Å². The number of hydrogen-bond donors (Lipinski definition) is 1. The average molecular weight is 139 g/mol. The third-order valence-corrected chi connectivity index (χ3v) is 1.86. The fourth-order valence-electron chi connectivity index (χ4n) is 1.38. The molecule has 0 unspecified atom stereocenters. The molecule has 1 heteroatoms. The smallest absolute Gasteiger partial charge is 0.0342 e. The molecular weight excluding hydrogens is 122 g/mol. The Morgan fingerprint density at radius 1 is 1.50 bits per heavy atom. The summed E-state index contributed by atoms with van der Waals surface area (Å²) in [5, 5.41) is 3.51. The van der Waals surface area contributed by atoms with Gasteiger partial charge >= 0.3 is 0 Å². The van der Waals surface area contributed by atoms with Crippen molar-refractivity contribution in [2.45, 2.75) is 45.7 Å². The van der Waals surface area contributed by atoms with E-state index >= 15 is 0 Å². The van der Waals surface area contributed by atoms with E-state index in [9.17, 15) is 0 Å². The first-order valence-electron chi connectivity index (χ1n) is 3.99. The molecule has 0 spiro atoms. The van der Waals surface area contributed by atoms with Crippen LogP contribution in [0.2, 0.25) is 0 Å². The summed E-state index contributed by atoms with van der Waals surface area (Å²) < 4.78 is 0. The highest BCUT2D eigenvalue weighted by Crippen LogP contribution is 2.30. The quantitative estimate of drug-likeness (QED) is 0.590. The lowest BCUT2D eigenvalue weighted by Gasteiger charge is -2.26. The van der Waals surface area contributed by atoms with E-state index in [1.807, 2.05) is 0 Å². The number of rotatable bonds is 3. The number of hydrogen-bond acceptors (Lipinski definition) is 1. The minimum Gasteiger partial charge on any atom is -0.306 e. The predicted octanol–water partition coefficient (Wildman–Crippen LogP) is 2.09. The Morgan fingerprint density at radius 2 is 2.00 bits per heavy atom. The summed E-state index contributed by atoms with van der Waals surface area (Å²) in [6.07, 6.45) is 3.50. The molecule has 0 heterocycles. The van der Waals surface area contributed by atoms with E-state index in [2.05, 4.69) is 39.1 Å². The first kappa shape index (κ1) is 7.80. The molecule has 1 nitrogen and oxygen atoms in total. The van der Waals surface area contributed by atoms with Crippen LogP contribution in [0.4, 0.5) is 0 Å². The summed E-state index contributed by atoms with van der Waals surface area (Å²) in [5.41, 5.74) is 1.80. The van der Waals surface area contributed by atoms with Gasteiger partial charge in [0.25, 0.3) is 0 Å². The molecule has 0 fully saturated rings. The SMILES string of the molecule is CC(C)NC(C)(C)C1=CC1. The first-order chi connectivity index (χ1) is 4.52. The Hall–Kier alpha value is -0.300. The predicted molar refractivity (Wildman–Crippen MR) is 45.1 cm³/mol. The molecule has 0 saturated heterocycles. The first-order valence-corrected chi connectivity index (χ1v) is 3.99. The largest absolute Gasteiger partial charge is 0.306 e. The molecule has 0 radical (unpaired) electrons. The monoisotopic (exact) mass is 139 g/mol. The van der Waals surface area contributed by atoms with E-state index in [1.165, 1.54) is 6.42 Å². The molecule has 0 aliphatic heterocycles. The highest BCUT2D eigenvalue weighted by Gasteiger charge is 2.28. The van der Waals surface area contributed by atoms with Crippen molar-refractivity contribution >= 4 is 0 Å². The Labute approximate surface area is 63.5 Å². The molecule has 0 saturated carbocycles. The minimum atomic E-state index is 0.244.